The van der Waals surface area contributed by atoms with Gasteiger partial charge in [0.25, 0.3) is 0 Å². The summed E-state index contributed by atoms with van der Waals surface area (Å²) < 4.78 is 38.7. The molecular weight excluding hydrogens is 340 g/mol. The molecule has 1 amide bonds. The molecule has 2 aromatic carbocycles. The van der Waals surface area contributed by atoms with Crippen LogP contribution in [0.5, 0.6) is 11.5 Å². The molecule has 0 N–H and O–H groups in total. The second-order valence-corrected chi connectivity index (χ2v) is 6.52. The normalized spacial score (nSPS) is 15.5. The van der Waals surface area contributed by atoms with E-state index in [2.05, 4.69) is 0 Å². The molecule has 0 spiro atoms. The number of rotatable bonds is 3. The maximum Gasteiger partial charge on any atom is 0.227 e. The van der Waals surface area contributed by atoms with Gasteiger partial charge in [-0.3, -0.25) is 4.79 Å². The largest absolute Gasteiger partial charge is 0.486 e. The fraction of sp³-hybridized carbons (Fsp3) is 0.350. The average molecular weight is 359 g/mol. The van der Waals surface area contributed by atoms with Crippen molar-refractivity contribution in [3.63, 3.8) is 0 Å². The molecule has 0 aromatic heterocycles. The third-order valence-electron chi connectivity index (χ3n) is 4.74. The van der Waals surface area contributed by atoms with Gasteiger partial charge in [-0.25, -0.2) is 8.78 Å². The van der Waals surface area contributed by atoms with Gasteiger partial charge in [0.15, 0.2) is 11.5 Å². The fourth-order valence-corrected chi connectivity index (χ4v) is 3.53. The van der Waals surface area contributed by atoms with Crippen molar-refractivity contribution in [1.29, 1.82) is 0 Å². The molecular formula is C20H19F2NO3. The summed E-state index contributed by atoms with van der Waals surface area (Å²) in [4.78, 5) is 14.1. The third kappa shape index (κ3) is 3.23. The molecule has 26 heavy (non-hydrogen) atoms. The molecule has 4 rings (SSSR count). The summed E-state index contributed by atoms with van der Waals surface area (Å²) in [6.45, 7) is 1.50. The molecule has 2 aliphatic heterocycles. The average Bonchev–Trinajstić information content (AvgIpc) is 2.65. The standard InChI is InChI=1S/C20H19F2NO3/c21-15-11-14-2-1-7-23(20(14)16(22)12-15)19(24)6-4-13-3-5-17-18(10-13)26-9-8-25-17/h3,5,10-12H,1-2,4,6-9H2. The number of aryl methyl sites for hydroxylation is 2. The second-order valence-electron chi connectivity index (χ2n) is 6.52. The molecule has 0 radical (unpaired) electrons. The highest BCUT2D eigenvalue weighted by Gasteiger charge is 2.26. The molecule has 2 aliphatic rings. The minimum atomic E-state index is -0.674. The molecule has 2 aromatic rings. The lowest BCUT2D eigenvalue weighted by Gasteiger charge is -2.30. The maximum atomic E-state index is 14.2. The highest BCUT2D eigenvalue weighted by molar-refractivity contribution is 5.94. The van der Waals surface area contributed by atoms with E-state index in [9.17, 15) is 13.6 Å². The number of anilines is 1. The predicted octanol–water partition coefficient (Wildman–Crippen LogP) is 3.65. The lowest BCUT2D eigenvalue weighted by molar-refractivity contribution is -0.118. The number of hydrogen-bond acceptors (Lipinski definition) is 3. The number of fused-ring (bicyclic) bond motifs is 2. The minimum Gasteiger partial charge on any atom is -0.486 e. The van der Waals surface area contributed by atoms with Gasteiger partial charge in [-0.1, -0.05) is 6.07 Å². The second kappa shape index (κ2) is 6.94. The molecule has 0 fully saturated rings. The minimum absolute atomic E-state index is 0.161. The van der Waals surface area contributed by atoms with Crippen LogP contribution in [0.4, 0.5) is 14.5 Å². The monoisotopic (exact) mass is 359 g/mol. The van der Waals surface area contributed by atoms with Crippen LogP contribution in [0.25, 0.3) is 0 Å². The molecule has 0 saturated carbocycles. The zero-order chi connectivity index (χ0) is 18.1. The first kappa shape index (κ1) is 16.8. The summed E-state index contributed by atoms with van der Waals surface area (Å²) in [5, 5.41) is 0. The van der Waals surface area contributed by atoms with E-state index >= 15 is 0 Å². The van der Waals surface area contributed by atoms with E-state index in [-0.39, 0.29) is 18.0 Å². The van der Waals surface area contributed by atoms with E-state index in [4.69, 9.17) is 9.47 Å². The van der Waals surface area contributed by atoms with Crippen LogP contribution in [0.1, 0.15) is 24.0 Å². The summed E-state index contributed by atoms with van der Waals surface area (Å²) in [5.74, 6) is -0.0445. The highest BCUT2D eigenvalue weighted by atomic mass is 19.1. The summed E-state index contributed by atoms with van der Waals surface area (Å²) in [7, 11) is 0. The fourth-order valence-electron chi connectivity index (χ4n) is 3.53. The number of nitrogens with zero attached hydrogens (tertiary/aromatic N) is 1. The van der Waals surface area contributed by atoms with E-state index in [1.54, 1.807) is 0 Å². The summed E-state index contributed by atoms with van der Waals surface area (Å²) in [5.41, 5.74) is 1.74. The van der Waals surface area contributed by atoms with Gasteiger partial charge in [0.1, 0.15) is 24.8 Å². The van der Waals surface area contributed by atoms with Crippen LogP contribution >= 0.6 is 0 Å². The van der Waals surface area contributed by atoms with Crippen molar-refractivity contribution in [2.45, 2.75) is 25.7 Å². The van der Waals surface area contributed by atoms with Gasteiger partial charge in [0.2, 0.25) is 5.91 Å². The Balaban J connectivity index is 1.48. The van der Waals surface area contributed by atoms with Crippen LogP contribution in [0.15, 0.2) is 30.3 Å². The van der Waals surface area contributed by atoms with Crippen molar-refractivity contribution in [1.82, 2.24) is 0 Å². The van der Waals surface area contributed by atoms with Crippen molar-refractivity contribution < 1.29 is 23.0 Å². The number of hydrogen-bond donors (Lipinski definition) is 0. The Labute approximate surface area is 150 Å². The van der Waals surface area contributed by atoms with Crippen molar-refractivity contribution >= 4 is 11.6 Å². The Morgan fingerprint density at radius 1 is 1.08 bits per heavy atom. The lowest BCUT2D eigenvalue weighted by atomic mass is 10.00. The van der Waals surface area contributed by atoms with E-state index in [1.165, 1.54) is 11.0 Å². The molecule has 4 nitrogen and oxygen atoms in total. The van der Waals surface area contributed by atoms with Crippen molar-refractivity contribution in [2.75, 3.05) is 24.7 Å². The van der Waals surface area contributed by atoms with E-state index < -0.39 is 11.6 Å². The first-order valence-corrected chi connectivity index (χ1v) is 8.78. The van der Waals surface area contributed by atoms with E-state index in [0.29, 0.717) is 56.1 Å². The Morgan fingerprint density at radius 3 is 2.73 bits per heavy atom. The van der Waals surface area contributed by atoms with Gasteiger partial charge in [-0.2, -0.15) is 0 Å². The number of ether oxygens (including phenoxy) is 2. The van der Waals surface area contributed by atoms with Crippen LogP contribution in [-0.4, -0.2) is 25.7 Å². The first-order valence-electron chi connectivity index (χ1n) is 8.78. The Hall–Kier alpha value is -2.63. The summed E-state index contributed by atoms with van der Waals surface area (Å²) in [6, 6.07) is 7.78. The van der Waals surface area contributed by atoms with Gasteiger partial charge < -0.3 is 14.4 Å². The predicted molar refractivity (Wildman–Crippen MR) is 92.8 cm³/mol. The van der Waals surface area contributed by atoms with Crippen LogP contribution < -0.4 is 14.4 Å². The smallest absolute Gasteiger partial charge is 0.227 e. The SMILES string of the molecule is O=C(CCc1ccc2c(c1)OCCO2)N1CCCc2cc(F)cc(F)c21. The zero-order valence-corrected chi connectivity index (χ0v) is 14.3. The molecule has 0 bridgehead atoms. The quantitative estimate of drug-likeness (QED) is 0.840. The Morgan fingerprint density at radius 2 is 1.88 bits per heavy atom. The zero-order valence-electron chi connectivity index (χ0n) is 14.3. The van der Waals surface area contributed by atoms with Crippen LogP contribution in [0.2, 0.25) is 0 Å². The highest BCUT2D eigenvalue weighted by Crippen LogP contribution is 2.33. The molecule has 0 saturated heterocycles. The van der Waals surface area contributed by atoms with Crippen molar-refractivity contribution in [3.05, 3.63) is 53.1 Å². The number of benzene rings is 2. The number of amides is 1. The Bertz CT molecular complexity index is 853. The van der Waals surface area contributed by atoms with E-state index in [1.807, 2.05) is 18.2 Å². The van der Waals surface area contributed by atoms with Gasteiger partial charge >= 0.3 is 0 Å². The number of carbonyl (C=O) groups excluding carboxylic acids is 1. The van der Waals surface area contributed by atoms with Gasteiger partial charge in [-0.05, 0) is 48.6 Å². The molecule has 0 unspecified atom stereocenters. The van der Waals surface area contributed by atoms with Crippen LogP contribution in [0.3, 0.4) is 0 Å². The van der Waals surface area contributed by atoms with Crippen molar-refractivity contribution in [2.24, 2.45) is 0 Å². The van der Waals surface area contributed by atoms with Crippen molar-refractivity contribution in [3.8, 4) is 11.5 Å². The number of halogens is 2. The molecule has 0 aliphatic carbocycles. The summed E-state index contributed by atoms with van der Waals surface area (Å²) in [6.07, 6.45) is 2.04. The Kier molecular flexibility index (Phi) is 4.49. The number of carbonyl (C=O) groups is 1. The molecule has 2 heterocycles. The first-order chi connectivity index (χ1) is 12.6. The topological polar surface area (TPSA) is 38.8 Å². The van der Waals surface area contributed by atoms with Gasteiger partial charge in [0, 0.05) is 19.0 Å². The molecule has 0 atom stereocenters. The summed E-state index contributed by atoms with van der Waals surface area (Å²) >= 11 is 0. The lowest BCUT2D eigenvalue weighted by Crippen LogP contribution is -2.36. The third-order valence-corrected chi connectivity index (χ3v) is 4.74. The van der Waals surface area contributed by atoms with Crippen LogP contribution in [0, 0.1) is 11.6 Å². The van der Waals surface area contributed by atoms with Crippen LogP contribution in [-0.2, 0) is 17.6 Å². The van der Waals surface area contributed by atoms with Gasteiger partial charge in [0.05, 0.1) is 5.69 Å². The molecule has 6 heteroatoms. The molecule has 136 valence electrons. The van der Waals surface area contributed by atoms with E-state index in [0.717, 1.165) is 11.6 Å². The maximum absolute atomic E-state index is 14.2. The van der Waals surface area contributed by atoms with Gasteiger partial charge in [-0.15, -0.1) is 0 Å².